The van der Waals surface area contributed by atoms with Gasteiger partial charge in [-0.25, -0.2) is 13.2 Å². The first-order valence-electron chi connectivity index (χ1n) is 7.61. The van der Waals surface area contributed by atoms with Crippen LogP contribution in [0.4, 0.5) is 5.69 Å². The molecule has 25 heavy (non-hydrogen) atoms. The summed E-state index contributed by atoms with van der Waals surface area (Å²) in [5, 5.41) is 13.0. The largest absolute Gasteiger partial charge is 0.478 e. The van der Waals surface area contributed by atoms with Crippen LogP contribution in [0.5, 0.6) is 0 Å². The van der Waals surface area contributed by atoms with Crippen molar-refractivity contribution in [2.75, 3.05) is 18.4 Å². The highest BCUT2D eigenvalue weighted by Crippen LogP contribution is 2.26. The monoisotopic (exact) mass is 380 g/mol. The van der Waals surface area contributed by atoms with Crippen molar-refractivity contribution in [2.24, 2.45) is 0 Å². The molecule has 1 aliphatic heterocycles. The molecule has 9 heteroatoms. The van der Waals surface area contributed by atoms with Gasteiger partial charge in [0.2, 0.25) is 10.0 Å². The molecule has 0 bridgehead atoms. The minimum absolute atomic E-state index is 0.119. The molecule has 0 atom stereocenters. The van der Waals surface area contributed by atoms with Gasteiger partial charge in [0.25, 0.3) is 5.91 Å². The molecule has 0 unspecified atom stereocenters. The minimum Gasteiger partial charge on any atom is -0.478 e. The van der Waals surface area contributed by atoms with E-state index >= 15 is 0 Å². The Balaban J connectivity index is 1.73. The van der Waals surface area contributed by atoms with E-state index < -0.39 is 21.9 Å². The number of aromatic carboxylic acids is 1. The van der Waals surface area contributed by atoms with Gasteiger partial charge in [0.05, 0.1) is 15.3 Å². The van der Waals surface area contributed by atoms with Crippen molar-refractivity contribution < 1.29 is 23.1 Å². The quantitative estimate of drug-likeness (QED) is 0.829. The number of nitrogens with zero attached hydrogens (tertiary/aromatic N) is 1. The van der Waals surface area contributed by atoms with Gasteiger partial charge in [-0.3, -0.25) is 4.79 Å². The van der Waals surface area contributed by atoms with Crippen LogP contribution < -0.4 is 5.32 Å². The van der Waals surface area contributed by atoms with E-state index in [2.05, 4.69) is 5.32 Å². The zero-order chi connectivity index (χ0) is 18.0. The van der Waals surface area contributed by atoms with E-state index in [0.29, 0.717) is 18.8 Å². The Labute approximate surface area is 149 Å². The molecule has 1 saturated heterocycles. The lowest BCUT2D eigenvalue weighted by Gasteiger charge is -2.13. The van der Waals surface area contributed by atoms with E-state index in [1.807, 2.05) is 0 Å². The van der Waals surface area contributed by atoms with E-state index in [1.54, 1.807) is 0 Å². The van der Waals surface area contributed by atoms with Gasteiger partial charge in [-0.05, 0) is 43.2 Å². The molecule has 1 amide bonds. The van der Waals surface area contributed by atoms with Crippen LogP contribution in [0.15, 0.2) is 40.6 Å². The summed E-state index contributed by atoms with van der Waals surface area (Å²) >= 11 is 1.06. The van der Waals surface area contributed by atoms with Gasteiger partial charge in [0.1, 0.15) is 0 Å². The number of thiophene rings is 1. The molecule has 2 heterocycles. The van der Waals surface area contributed by atoms with Crippen LogP contribution in [-0.2, 0) is 10.0 Å². The van der Waals surface area contributed by atoms with Gasteiger partial charge in [0, 0.05) is 24.2 Å². The Kier molecular flexibility index (Phi) is 4.89. The fraction of sp³-hybridized carbons (Fsp3) is 0.250. The maximum atomic E-state index is 12.5. The van der Waals surface area contributed by atoms with Gasteiger partial charge in [-0.1, -0.05) is 0 Å². The van der Waals surface area contributed by atoms with Crippen molar-refractivity contribution in [1.29, 1.82) is 0 Å². The Bertz CT molecular complexity index is 897. The zero-order valence-electron chi connectivity index (χ0n) is 13.1. The van der Waals surface area contributed by atoms with Gasteiger partial charge in [-0.2, -0.15) is 4.31 Å². The lowest BCUT2D eigenvalue weighted by Crippen LogP contribution is -2.27. The summed E-state index contributed by atoms with van der Waals surface area (Å²) in [5.41, 5.74) is 0.556. The lowest BCUT2D eigenvalue weighted by molar-refractivity contribution is 0.0696. The number of hydrogen-bond acceptors (Lipinski definition) is 5. The average molecular weight is 380 g/mol. The number of nitrogens with one attached hydrogen (secondary N) is 1. The van der Waals surface area contributed by atoms with Crippen LogP contribution in [0.1, 0.15) is 32.9 Å². The van der Waals surface area contributed by atoms with Crippen molar-refractivity contribution >= 4 is 38.9 Å². The highest BCUT2D eigenvalue weighted by Gasteiger charge is 2.28. The fourth-order valence-corrected chi connectivity index (χ4v) is 5.21. The molecule has 2 aromatic rings. The Morgan fingerprint density at radius 2 is 1.76 bits per heavy atom. The van der Waals surface area contributed by atoms with E-state index in [1.165, 1.54) is 40.0 Å². The molecule has 0 spiro atoms. The molecule has 0 radical (unpaired) electrons. The number of carboxylic acids is 1. The molecule has 0 aliphatic carbocycles. The number of carbonyl (C=O) groups is 2. The Morgan fingerprint density at radius 1 is 1.12 bits per heavy atom. The number of sulfonamides is 1. The van der Waals surface area contributed by atoms with Crippen molar-refractivity contribution in [3.63, 3.8) is 0 Å². The number of amides is 1. The predicted molar refractivity (Wildman–Crippen MR) is 93.7 cm³/mol. The average Bonchev–Trinajstić information content (AvgIpc) is 3.27. The second kappa shape index (κ2) is 6.95. The molecule has 3 rings (SSSR count). The third-order valence-corrected chi connectivity index (χ3v) is 6.85. The van der Waals surface area contributed by atoms with E-state index in [4.69, 9.17) is 5.11 Å². The molecule has 1 aromatic heterocycles. The molecule has 7 nitrogen and oxygen atoms in total. The lowest BCUT2D eigenvalue weighted by atomic mass is 10.2. The molecule has 0 saturated carbocycles. The maximum absolute atomic E-state index is 12.5. The van der Waals surface area contributed by atoms with Crippen LogP contribution in [0.2, 0.25) is 0 Å². The van der Waals surface area contributed by atoms with Gasteiger partial charge in [0.15, 0.2) is 0 Å². The standard InChI is InChI=1S/C16H16N2O5S2/c19-15(17-12-5-3-11(4-6-12)16(20)21)14-9-13(10-24-14)25(22,23)18-7-1-2-8-18/h3-6,9-10H,1-2,7-8H2,(H,17,19)(H,20,21). The first-order chi connectivity index (χ1) is 11.9. The zero-order valence-corrected chi connectivity index (χ0v) is 14.8. The SMILES string of the molecule is O=C(O)c1ccc(NC(=O)c2cc(S(=O)(=O)N3CCCC3)cs2)cc1. The molecule has 1 aromatic carbocycles. The predicted octanol–water partition coefficient (Wildman–Crippen LogP) is 2.48. The van der Waals surface area contributed by atoms with Gasteiger partial charge < -0.3 is 10.4 Å². The first-order valence-corrected chi connectivity index (χ1v) is 9.93. The number of carbonyl (C=O) groups excluding carboxylic acids is 1. The van der Waals surface area contributed by atoms with E-state index in [9.17, 15) is 18.0 Å². The van der Waals surface area contributed by atoms with Crippen molar-refractivity contribution in [3.8, 4) is 0 Å². The molecular formula is C16H16N2O5S2. The number of hydrogen-bond donors (Lipinski definition) is 2. The minimum atomic E-state index is -3.54. The normalized spacial score (nSPS) is 15.2. The third kappa shape index (κ3) is 3.73. The van der Waals surface area contributed by atoms with Gasteiger partial charge in [-0.15, -0.1) is 11.3 Å². The highest BCUT2D eigenvalue weighted by molar-refractivity contribution is 7.89. The summed E-state index contributed by atoms with van der Waals surface area (Å²) in [7, 11) is -3.54. The highest BCUT2D eigenvalue weighted by atomic mass is 32.2. The summed E-state index contributed by atoms with van der Waals surface area (Å²) in [6, 6.07) is 7.11. The summed E-state index contributed by atoms with van der Waals surface area (Å²) in [6.07, 6.45) is 1.70. The van der Waals surface area contributed by atoms with Crippen LogP contribution in [0.25, 0.3) is 0 Å². The Morgan fingerprint density at radius 3 is 2.36 bits per heavy atom. The van der Waals surface area contributed by atoms with Crippen molar-refractivity contribution in [1.82, 2.24) is 4.31 Å². The Hall–Kier alpha value is -2.23. The summed E-state index contributed by atoms with van der Waals surface area (Å²) < 4.78 is 26.4. The molecule has 2 N–H and O–H groups in total. The first kappa shape index (κ1) is 17.6. The second-order valence-corrected chi connectivity index (χ2v) is 8.44. The summed E-state index contributed by atoms with van der Waals surface area (Å²) in [6.45, 7) is 1.02. The van der Waals surface area contributed by atoms with E-state index in [0.717, 1.165) is 24.2 Å². The number of anilines is 1. The second-order valence-electron chi connectivity index (χ2n) is 5.59. The van der Waals surface area contributed by atoms with Crippen LogP contribution in [0, 0.1) is 0 Å². The molecular weight excluding hydrogens is 364 g/mol. The van der Waals surface area contributed by atoms with Crippen LogP contribution >= 0.6 is 11.3 Å². The molecule has 1 aliphatic rings. The van der Waals surface area contributed by atoms with E-state index in [-0.39, 0.29) is 15.3 Å². The van der Waals surface area contributed by atoms with Crippen LogP contribution in [-0.4, -0.2) is 42.8 Å². The number of carboxylic acid groups (broad SMARTS) is 1. The van der Waals surface area contributed by atoms with Crippen LogP contribution in [0.3, 0.4) is 0 Å². The molecule has 132 valence electrons. The van der Waals surface area contributed by atoms with Crippen molar-refractivity contribution in [3.05, 3.63) is 46.2 Å². The fourth-order valence-electron chi connectivity index (χ4n) is 2.54. The summed E-state index contributed by atoms with van der Waals surface area (Å²) in [5.74, 6) is -1.48. The van der Waals surface area contributed by atoms with Crippen molar-refractivity contribution in [2.45, 2.75) is 17.7 Å². The summed E-state index contributed by atoms with van der Waals surface area (Å²) in [4.78, 5) is 23.5. The maximum Gasteiger partial charge on any atom is 0.335 e. The van der Waals surface area contributed by atoms with Gasteiger partial charge >= 0.3 is 5.97 Å². The number of rotatable bonds is 5. The number of benzene rings is 1. The molecule has 1 fully saturated rings. The smallest absolute Gasteiger partial charge is 0.335 e. The third-order valence-electron chi connectivity index (χ3n) is 3.89. The topological polar surface area (TPSA) is 104 Å².